The third-order valence-corrected chi connectivity index (χ3v) is 6.53. The molecule has 3 amide bonds. The average molecular weight is 457 g/mol. The molecule has 5 rings (SSSR count). The number of aromatic nitrogens is 2. The number of benzene rings is 2. The van der Waals surface area contributed by atoms with Crippen LogP contribution in [0.15, 0.2) is 79.3 Å². The van der Waals surface area contributed by atoms with Gasteiger partial charge in [-0.15, -0.1) is 0 Å². The van der Waals surface area contributed by atoms with Crippen molar-refractivity contribution in [1.82, 2.24) is 25.1 Å². The predicted molar refractivity (Wildman–Crippen MR) is 129 cm³/mol. The van der Waals surface area contributed by atoms with Crippen LogP contribution >= 0.6 is 0 Å². The molecule has 2 aromatic carbocycles. The van der Waals surface area contributed by atoms with Crippen molar-refractivity contribution >= 4 is 17.8 Å². The van der Waals surface area contributed by atoms with Crippen molar-refractivity contribution in [3.63, 3.8) is 0 Å². The molecule has 0 saturated carbocycles. The first kappa shape index (κ1) is 22.0. The minimum absolute atomic E-state index is 0.165. The van der Waals surface area contributed by atoms with Crippen LogP contribution in [0.5, 0.6) is 0 Å². The Bertz CT molecular complexity index is 1080. The minimum Gasteiger partial charge on any atom is -0.353 e. The van der Waals surface area contributed by atoms with Gasteiger partial charge in [-0.1, -0.05) is 60.7 Å². The Morgan fingerprint density at radius 1 is 0.824 bits per heavy atom. The van der Waals surface area contributed by atoms with Crippen LogP contribution in [0.1, 0.15) is 11.1 Å². The zero-order chi connectivity index (χ0) is 23.4. The van der Waals surface area contributed by atoms with Gasteiger partial charge in [-0.3, -0.25) is 14.7 Å². The molecule has 3 heterocycles. The molecule has 2 aliphatic heterocycles. The van der Waals surface area contributed by atoms with Gasteiger partial charge in [-0.05, 0) is 11.1 Å². The number of carbonyl (C=O) groups excluding carboxylic acids is 2. The fourth-order valence-corrected chi connectivity index (χ4v) is 4.77. The molecular formula is C26H28N6O2. The summed E-state index contributed by atoms with van der Waals surface area (Å²) >= 11 is 0. The molecule has 2 saturated heterocycles. The normalized spacial score (nSPS) is 18.2. The number of nitrogens with zero attached hydrogens (tertiary/aromatic N) is 5. The van der Waals surface area contributed by atoms with Gasteiger partial charge in [-0.25, -0.2) is 14.7 Å². The van der Waals surface area contributed by atoms with Gasteiger partial charge in [-0.2, -0.15) is 0 Å². The lowest BCUT2D eigenvalue weighted by Gasteiger charge is -2.36. The second-order valence-corrected chi connectivity index (χ2v) is 8.88. The molecule has 8 nitrogen and oxygen atoms in total. The summed E-state index contributed by atoms with van der Waals surface area (Å²) in [6, 6.07) is 19.4. The highest BCUT2D eigenvalue weighted by molar-refractivity contribution is 6.07. The van der Waals surface area contributed by atoms with Crippen molar-refractivity contribution in [3.05, 3.63) is 90.4 Å². The van der Waals surface area contributed by atoms with Crippen LogP contribution in [0.2, 0.25) is 0 Å². The van der Waals surface area contributed by atoms with Crippen molar-refractivity contribution in [2.75, 3.05) is 37.7 Å². The summed E-state index contributed by atoms with van der Waals surface area (Å²) in [6.45, 7) is 3.28. The van der Waals surface area contributed by atoms with Gasteiger partial charge in [0.2, 0.25) is 0 Å². The molecule has 2 fully saturated rings. The number of imide groups is 1. The molecule has 0 atom stereocenters. The molecule has 0 radical (unpaired) electrons. The van der Waals surface area contributed by atoms with E-state index in [4.69, 9.17) is 0 Å². The van der Waals surface area contributed by atoms with Crippen LogP contribution < -0.4 is 10.2 Å². The van der Waals surface area contributed by atoms with Gasteiger partial charge in [0, 0.05) is 51.4 Å². The fourth-order valence-electron chi connectivity index (χ4n) is 4.77. The number of nitrogens with one attached hydrogen (secondary N) is 1. The Balaban J connectivity index is 1.31. The Morgan fingerprint density at radius 2 is 1.44 bits per heavy atom. The summed E-state index contributed by atoms with van der Waals surface area (Å²) < 4.78 is 0. The maximum absolute atomic E-state index is 13.8. The number of rotatable bonds is 7. The zero-order valence-electron chi connectivity index (χ0n) is 19.0. The summed E-state index contributed by atoms with van der Waals surface area (Å²) in [7, 11) is 0. The van der Waals surface area contributed by atoms with Crippen LogP contribution in [0, 0.1) is 0 Å². The van der Waals surface area contributed by atoms with Crippen LogP contribution in [-0.4, -0.2) is 70.1 Å². The van der Waals surface area contributed by atoms with Crippen LogP contribution in [-0.2, 0) is 17.6 Å². The molecule has 0 spiro atoms. The maximum atomic E-state index is 13.8. The van der Waals surface area contributed by atoms with E-state index in [9.17, 15) is 9.59 Å². The van der Waals surface area contributed by atoms with E-state index in [0.29, 0.717) is 12.8 Å². The van der Waals surface area contributed by atoms with Crippen LogP contribution in [0.25, 0.3) is 0 Å². The Kier molecular flexibility index (Phi) is 6.22. The van der Waals surface area contributed by atoms with E-state index in [1.165, 1.54) is 4.90 Å². The van der Waals surface area contributed by atoms with Crippen molar-refractivity contribution in [2.24, 2.45) is 0 Å². The molecular weight excluding hydrogens is 428 g/mol. The lowest BCUT2D eigenvalue weighted by molar-refractivity contribution is -0.132. The number of anilines is 1. The SMILES string of the molecule is O=C1NC(Cc2ccccc2)(Cc2ccccc2)C(=O)N1CN1CCN(c2cnccn2)CC1. The predicted octanol–water partition coefficient (Wildman–Crippen LogP) is 2.33. The maximum Gasteiger partial charge on any atom is 0.326 e. The smallest absolute Gasteiger partial charge is 0.326 e. The lowest BCUT2D eigenvalue weighted by Crippen LogP contribution is -2.53. The van der Waals surface area contributed by atoms with Crippen molar-refractivity contribution in [2.45, 2.75) is 18.4 Å². The van der Waals surface area contributed by atoms with E-state index >= 15 is 0 Å². The van der Waals surface area contributed by atoms with E-state index in [1.54, 1.807) is 18.6 Å². The summed E-state index contributed by atoms with van der Waals surface area (Å²) in [4.78, 5) is 41.1. The number of carbonyl (C=O) groups is 2. The number of piperazine rings is 1. The third kappa shape index (κ3) is 4.63. The zero-order valence-corrected chi connectivity index (χ0v) is 19.0. The Hall–Kier alpha value is -3.78. The third-order valence-electron chi connectivity index (χ3n) is 6.53. The molecule has 8 heteroatoms. The average Bonchev–Trinajstić information content (AvgIpc) is 3.10. The second-order valence-electron chi connectivity index (χ2n) is 8.88. The van der Waals surface area contributed by atoms with E-state index < -0.39 is 5.54 Å². The highest BCUT2D eigenvalue weighted by Gasteiger charge is 2.51. The van der Waals surface area contributed by atoms with E-state index in [2.05, 4.69) is 25.1 Å². The molecule has 0 unspecified atom stereocenters. The highest BCUT2D eigenvalue weighted by Crippen LogP contribution is 2.28. The molecule has 1 N–H and O–H groups in total. The van der Waals surface area contributed by atoms with Gasteiger partial charge in [0.25, 0.3) is 5.91 Å². The van der Waals surface area contributed by atoms with Crippen molar-refractivity contribution < 1.29 is 9.59 Å². The van der Waals surface area contributed by atoms with Crippen molar-refractivity contribution in [3.8, 4) is 0 Å². The van der Waals surface area contributed by atoms with Crippen LogP contribution in [0.3, 0.4) is 0 Å². The molecule has 34 heavy (non-hydrogen) atoms. The van der Waals surface area contributed by atoms with Gasteiger partial charge in [0.15, 0.2) is 0 Å². The summed E-state index contributed by atoms with van der Waals surface area (Å²) in [5.41, 5.74) is 1.04. The topological polar surface area (TPSA) is 81.7 Å². The quantitative estimate of drug-likeness (QED) is 0.550. The van der Waals surface area contributed by atoms with E-state index in [0.717, 1.165) is 43.1 Å². The van der Waals surface area contributed by atoms with Gasteiger partial charge in [0.1, 0.15) is 11.4 Å². The summed E-state index contributed by atoms with van der Waals surface area (Å²) in [5, 5.41) is 3.07. The molecule has 0 bridgehead atoms. The monoisotopic (exact) mass is 456 g/mol. The van der Waals surface area contributed by atoms with E-state index in [-0.39, 0.29) is 18.6 Å². The van der Waals surface area contributed by atoms with E-state index in [1.807, 2.05) is 60.7 Å². The first-order valence-corrected chi connectivity index (χ1v) is 11.6. The number of hydrogen-bond acceptors (Lipinski definition) is 6. The lowest BCUT2D eigenvalue weighted by atomic mass is 9.84. The van der Waals surface area contributed by atoms with Gasteiger partial charge in [0.05, 0.1) is 12.9 Å². The highest BCUT2D eigenvalue weighted by atomic mass is 16.2. The Labute approximate surface area is 199 Å². The van der Waals surface area contributed by atoms with Crippen molar-refractivity contribution in [1.29, 1.82) is 0 Å². The first-order valence-electron chi connectivity index (χ1n) is 11.6. The van der Waals surface area contributed by atoms with Crippen LogP contribution in [0.4, 0.5) is 10.6 Å². The Morgan fingerprint density at radius 3 is 2.00 bits per heavy atom. The summed E-state index contributed by atoms with van der Waals surface area (Å²) in [6.07, 6.45) is 6.01. The minimum atomic E-state index is -0.999. The number of hydrogen-bond donors (Lipinski definition) is 1. The van der Waals surface area contributed by atoms with Gasteiger partial charge < -0.3 is 10.2 Å². The molecule has 174 valence electrons. The number of amides is 3. The molecule has 2 aliphatic rings. The molecule has 3 aromatic rings. The first-order chi connectivity index (χ1) is 16.6. The second kappa shape index (κ2) is 9.61. The standard InChI is InChI=1S/C26H28N6O2/c33-24-26(17-21-7-3-1-4-8-21,18-22-9-5-2-6-10-22)29-25(34)32(24)20-30-13-15-31(16-14-30)23-19-27-11-12-28-23/h1-12,19H,13-18,20H2,(H,29,34). The summed E-state index contributed by atoms with van der Waals surface area (Å²) in [5.74, 6) is 0.684. The largest absolute Gasteiger partial charge is 0.353 e. The fraction of sp³-hybridized carbons (Fsp3) is 0.308. The molecule has 0 aliphatic carbocycles. The molecule has 1 aromatic heterocycles. The number of urea groups is 1. The van der Waals surface area contributed by atoms with Gasteiger partial charge >= 0.3 is 6.03 Å².